The summed E-state index contributed by atoms with van der Waals surface area (Å²) >= 11 is 1.22. The molecule has 94 valence electrons. The minimum atomic E-state index is -0.0569. The number of aromatic nitrogens is 2. The number of hydrogen-bond acceptors (Lipinski definition) is 5. The lowest BCUT2D eigenvalue weighted by Gasteiger charge is -2.16. The van der Waals surface area contributed by atoms with Crippen molar-refractivity contribution in [1.29, 1.82) is 0 Å². The van der Waals surface area contributed by atoms with Crippen LogP contribution in [-0.2, 0) is 6.54 Å². The molecule has 0 fully saturated rings. The molecule has 2 heterocycles. The first-order valence-corrected chi connectivity index (χ1v) is 6.27. The monoisotopic (exact) mass is 262 g/mol. The van der Waals surface area contributed by atoms with Gasteiger partial charge >= 0.3 is 0 Å². The third kappa shape index (κ3) is 2.65. The van der Waals surface area contributed by atoms with Gasteiger partial charge in [-0.15, -0.1) is 0 Å². The molecule has 6 heteroatoms. The van der Waals surface area contributed by atoms with Crippen LogP contribution >= 0.6 is 11.3 Å². The molecule has 2 N–H and O–H groups in total. The number of aryl methyl sites for hydroxylation is 1. The zero-order valence-electron chi connectivity index (χ0n) is 10.3. The van der Waals surface area contributed by atoms with E-state index in [9.17, 15) is 4.79 Å². The number of carbonyl (C=O) groups is 1. The summed E-state index contributed by atoms with van der Waals surface area (Å²) in [4.78, 5) is 22.5. The molecular formula is C12H14N4OS. The van der Waals surface area contributed by atoms with Crippen molar-refractivity contribution in [2.75, 3.05) is 12.8 Å². The van der Waals surface area contributed by atoms with E-state index in [1.807, 2.05) is 12.1 Å². The Morgan fingerprint density at radius 1 is 1.44 bits per heavy atom. The van der Waals surface area contributed by atoms with Crippen LogP contribution in [-0.4, -0.2) is 27.8 Å². The minimum Gasteiger partial charge on any atom is -0.375 e. The van der Waals surface area contributed by atoms with E-state index in [1.54, 1.807) is 31.3 Å². The Bertz CT molecular complexity index is 552. The maximum atomic E-state index is 12.2. The van der Waals surface area contributed by atoms with Crippen molar-refractivity contribution in [3.8, 4) is 0 Å². The van der Waals surface area contributed by atoms with Crippen LogP contribution in [0.25, 0.3) is 0 Å². The molecule has 5 nitrogen and oxygen atoms in total. The molecule has 0 radical (unpaired) electrons. The molecule has 0 aliphatic heterocycles. The normalized spacial score (nSPS) is 10.3. The summed E-state index contributed by atoms with van der Waals surface area (Å²) in [5.74, 6) is -0.0569. The van der Waals surface area contributed by atoms with Gasteiger partial charge in [0.05, 0.1) is 5.69 Å². The number of hydrogen-bond donors (Lipinski definition) is 1. The van der Waals surface area contributed by atoms with Crippen molar-refractivity contribution >= 4 is 22.4 Å². The topological polar surface area (TPSA) is 72.1 Å². The lowest BCUT2D eigenvalue weighted by atomic mass is 10.2. The Kier molecular flexibility index (Phi) is 3.57. The standard InChI is InChI=1S/C12H14N4OS/c1-8-10(18-12(13)15-8)11(17)16(2)7-9-3-5-14-6-4-9/h3-6H,7H2,1-2H3,(H2,13,15). The van der Waals surface area contributed by atoms with Crippen LogP contribution < -0.4 is 5.73 Å². The summed E-state index contributed by atoms with van der Waals surface area (Å²) < 4.78 is 0. The second kappa shape index (κ2) is 5.14. The van der Waals surface area contributed by atoms with Crippen LogP contribution in [0.4, 0.5) is 5.13 Å². The molecule has 0 saturated heterocycles. The number of rotatable bonds is 3. The van der Waals surface area contributed by atoms with Gasteiger partial charge < -0.3 is 10.6 Å². The fourth-order valence-electron chi connectivity index (χ4n) is 1.62. The zero-order chi connectivity index (χ0) is 13.1. The third-order valence-electron chi connectivity index (χ3n) is 2.52. The predicted octanol–water partition coefficient (Wildman–Crippen LogP) is 1.70. The van der Waals surface area contributed by atoms with Crippen LogP contribution in [0.15, 0.2) is 24.5 Å². The molecule has 2 aromatic rings. The van der Waals surface area contributed by atoms with Gasteiger partial charge in [0.2, 0.25) is 0 Å². The molecule has 0 bridgehead atoms. The van der Waals surface area contributed by atoms with Crippen molar-refractivity contribution in [1.82, 2.24) is 14.9 Å². The number of thiazole rings is 1. The van der Waals surface area contributed by atoms with Crippen LogP contribution in [0.3, 0.4) is 0 Å². The number of nitrogens with zero attached hydrogens (tertiary/aromatic N) is 3. The molecule has 18 heavy (non-hydrogen) atoms. The minimum absolute atomic E-state index is 0.0569. The zero-order valence-corrected chi connectivity index (χ0v) is 11.1. The summed E-state index contributed by atoms with van der Waals surface area (Å²) in [5.41, 5.74) is 7.32. The second-order valence-electron chi connectivity index (χ2n) is 3.98. The lowest BCUT2D eigenvalue weighted by Crippen LogP contribution is -2.26. The van der Waals surface area contributed by atoms with E-state index in [0.717, 1.165) is 5.56 Å². The van der Waals surface area contributed by atoms with Gasteiger partial charge in [0, 0.05) is 26.0 Å². The van der Waals surface area contributed by atoms with Crippen molar-refractivity contribution in [2.45, 2.75) is 13.5 Å². The number of anilines is 1. The maximum absolute atomic E-state index is 12.2. The van der Waals surface area contributed by atoms with Gasteiger partial charge in [-0.3, -0.25) is 9.78 Å². The van der Waals surface area contributed by atoms with E-state index < -0.39 is 0 Å². The number of nitrogens with two attached hydrogens (primary N) is 1. The average Bonchev–Trinajstić information content (AvgIpc) is 2.68. The van der Waals surface area contributed by atoms with Gasteiger partial charge in [-0.25, -0.2) is 4.98 Å². The largest absolute Gasteiger partial charge is 0.375 e. The summed E-state index contributed by atoms with van der Waals surface area (Å²) in [5, 5.41) is 0.424. The van der Waals surface area contributed by atoms with Crippen LogP contribution in [0.2, 0.25) is 0 Å². The van der Waals surface area contributed by atoms with Gasteiger partial charge in [0.15, 0.2) is 5.13 Å². The highest BCUT2D eigenvalue weighted by atomic mass is 32.1. The summed E-state index contributed by atoms with van der Waals surface area (Å²) in [6, 6.07) is 3.77. The van der Waals surface area contributed by atoms with Crippen LogP contribution in [0.1, 0.15) is 20.9 Å². The quantitative estimate of drug-likeness (QED) is 0.913. The Morgan fingerprint density at radius 3 is 2.67 bits per heavy atom. The summed E-state index contributed by atoms with van der Waals surface area (Å²) in [6.07, 6.45) is 3.42. The van der Waals surface area contributed by atoms with Crippen LogP contribution in [0, 0.1) is 6.92 Å². The van der Waals surface area contributed by atoms with Gasteiger partial charge in [0.25, 0.3) is 5.91 Å². The Hall–Kier alpha value is -1.95. The highest BCUT2D eigenvalue weighted by Gasteiger charge is 2.18. The first-order valence-electron chi connectivity index (χ1n) is 5.45. The van der Waals surface area contributed by atoms with E-state index in [-0.39, 0.29) is 5.91 Å². The fourth-order valence-corrected chi connectivity index (χ4v) is 2.45. The first-order chi connectivity index (χ1) is 8.58. The Labute approximate surface area is 109 Å². The second-order valence-corrected chi connectivity index (χ2v) is 5.01. The molecule has 0 aromatic carbocycles. The number of carbonyl (C=O) groups excluding carboxylic acids is 1. The van der Waals surface area contributed by atoms with Gasteiger partial charge in [0.1, 0.15) is 4.88 Å². The Balaban J connectivity index is 2.12. The molecule has 2 aromatic heterocycles. The van der Waals surface area contributed by atoms with Crippen molar-refractivity contribution < 1.29 is 4.79 Å². The highest BCUT2D eigenvalue weighted by molar-refractivity contribution is 7.17. The molecular weight excluding hydrogens is 248 g/mol. The lowest BCUT2D eigenvalue weighted by molar-refractivity contribution is 0.0789. The SMILES string of the molecule is Cc1nc(N)sc1C(=O)N(C)Cc1ccncc1. The van der Waals surface area contributed by atoms with Gasteiger partial charge in [-0.2, -0.15) is 0 Å². The molecule has 0 atom stereocenters. The summed E-state index contributed by atoms with van der Waals surface area (Å²) in [6.45, 7) is 2.33. The van der Waals surface area contributed by atoms with E-state index in [1.165, 1.54) is 11.3 Å². The van der Waals surface area contributed by atoms with Crippen molar-refractivity contribution in [2.24, 2.45) is 0 Å². The van der Waals surface area contributed by atoms with Crippen molar-refractivity contribution in [3.63, 3.8) is 0 Å². The van der Waals surface area contributed by atoms with Crippen LogP contribution in [0.5, 0.6) is 0 Å². The number of pyridine rings is 1. The van der Waals surface area contributed by atoms with Gasteiger partial charge in [-0.1, -0.05) is 11.3 Å². The molecule has 0 aliphatic carbocycles. The molecule has 0 aliphatic rings. The number of nitrogen functional groups attached to an aromatic ring is 1. The first kappa shape index (κ1) is 12.5. The Morgan fingerprint density at radius 2 is 2.11 bits per heavy atom. The fraction of sp³-hybridized carbons (Fsp3) is 0.250. The van der Waals surface area contributed by atoms with Crippen molar-refractivity contribution in [3.05, 3.63) is 40.7 Å². The van der Waals surface area contributed by atoms with E-state index in [4.69, 9.17) is 5.73 Å². The maximum Gasteiger partial charge on any atom is 0.265 e. The van der Waals surface area contributed by atoms with E-state index >= 15 is 0 Å². The molecule has 0 saturated carbocycles. The molecule has 2 rings (SSSR count). The smallest absolute Gasteiger partial charge is 0.265 e. The van der Waals surface area contributed by atoms with Gasteiger partial charge in [-0.05, 0) is 24.6 Å². The molecule has 0 unspecified atom stereocenters. The number of amides is 1. The molecule has 1 amide bonds. The molecule has 0 spiro atoms. The third-order valence-corrected chi connectivity index (χ3v) is 3.50. The van der Waals surface area contributed by atoms with E-state index in [0.29, 0.717) is 22.2 Å². The summed E-state index contributed by atoms with van der Waals surface area (Å²) in [7, 11) is 1.76. The van der Waals surface area contributed by atoms with E-state index in [2.05, 4.69) is 9.97 Å². The predicted molar refractivity (Wildman–Crippen MR) is 71.3 cm³/mol. The highest BCUT2D eigenvalue weighted by Crippen LogP contribution is 2.21. The average molecular weight is 262 g/mol.